The van der Waals surface area contributed by atoms with E-state index in [1.807, 2.05) is 0 Å². The number of hydrogen-bond donors (Lipinski definition) is 1. The third kappa shape index (κ3) is 2.42. The molecule has 0 spiro atoms. The molecule has 1 heterocycles. The van der Waals surface area contributed by atoms with Crippen LogP contribution in [0.5, 0.6) is 5.75 Å². The van der Waals surface area contributed by atoms with E-state index in [2.05, 4.69) is 4.98 Å². The Morgan fingerprint density at radius 2 is 2.12 bits per heavy atom. The summed E-state index contributed by atoms with van der Waals surface area (Å²) in [6, 6.07) is 8.01. The molecule has 88 valence electrons. The Morgan fingerprint density at radius 1 is 1.29 bits per heavy atom. The molecule has 1 aromatic heterocycles. The molecule has 0 unspecified atom stereocenters. The third-order valence-corrected chi connectivity index (χ3v) is 2.46. The lowest BCUT2D eigenvalue weighted by Gasteiger charge is -2.05. The van der Waals surface area contributed by atoms with Crippen molar-refractivity contribution in [3.8, 4) is 17.0 Å². The first kappa shape index (κ1) is 11.5. The molecule has 17 heavy (non-hydrogen) atoms. The van der Waals surface area contributed by atoms with Crippen LogP contribution in [0.1, 0.15) is 5.56 Å². The van der Waals surface area contributed by atoms with Crippen LogP contribution in [0.25, 0.3) is 11.3 Å². The SMILES string of the molecule is COc1ccc(-c2ccc(CO)cn2)c(F)c1. The Morgan fingerprint density at radius 3 is 2.65 bits per heavy atom. The molecule has 3 nitrogen and oxygen atoms in total. The molecule has 0 fully saturated rings. The second-order valence-corrected chi connectivity index (χ2v) is 3.56. The second kappa shape index (κ2) is 4.93. The number of aromatic nitrogens is 1. The van der Waals surface area contributed by atoms with Crippen molar-refractivity contribution in [2.75, 3.05) is 7.11 Å². The van der Waals surface area contributed by atoms with Crippen LogP contribution >= 0.6 is 0 Å². The van der Waals surface area contributed by atoms with E-state index in [1.54, 1.807) is 24.3 Å². The van der Waals surface area contributed by atoms with Gasteiger partial charge in [-0.25, -0.2) is 4.39 Å². The summed E-state index contributed by atoms with van der Waals surface area (Å²) in [7, 11) is 1.49. The molecule has 0 saturated heterocycles. The van der Waals surface area contributed by atoms with Gasteiger partial charge in [0.2, 0.25) is 0 Å². The highest BCUT2D eigenvalue weighted by Crippen LogP contribution is 2.24. The van der Waals surface area contributed by atoms with Crippen LogP contribution in [0, 0.1) is 5.82 Å². The monoisotopic (exact) mass is 233 g/mol. The first-order valence-electron chi connectivity index (χ1n) is 5.14. The van der Waals surface area contributed by atoms with E-state index in [1.165, 1.54) is 19.4 Å². The van der Waals surface area contributed by atoms with Crippen LogP contribution in [0.3, 0.4) is 0 Å². The van der Waals surface area contributed by atoms with Gasteiger partial charge in [0.05, 0.1) is 19.4 Å². The van der Waals surface area contributed by atoms with Crippen LogP contribution in [0.4, 0.5) is 4.39 Å². The Hall–Kier alpha value is -1.94. The van der Waals surface area contributed by atoms with Gasteiger partial charge in [0.15, 0.2) is 0 Å². The van der Waals surface area contributed by atoms with Crippen molar-refractivity contribution >= 4 is 0 Å². The number of aliphatic hydroxyl groups is 1. The number of methoxy groups -OCH3 is 1. The van der Waals surface area contributed by atoms with E-state index in [4.69, 9.17) is 9.84 Å². The third-order valence-electron chi connectivity index (χ3n) is 2.46. The zero-order chi connectivity index (χ0) is 12.3. The van der Waals surface area contributed by atoms with E-state index in [-0.39, 0.29) is 12.4 Å². The smallest absolute Gasteiger partial charge is 0.136 e. The fraction of sp³-hybridized carbons (Fsp3) is 0.154. The lowest BCUT2D eigenvalue weighted by Crippen LogP contribution is -1.91. The van der Waals surface area contributed by atoms with Crippen LogP contribution < -0.4 is 4.74 Å². The lowest BCUT2D eigenvalue weighted by atomic mass is 10.1. The largest absolute Gasteiger partial charge is 0.497 e. The summed E-state index contributed by atoms with van der Waals surface area (Å²) < 4.78 is 18.7. The Kier molecular flexibility index (Phi) is 3.35. The van der Waals surface area contributed by atoms with Crippen LogP contribution in [-0.4, -0.2) is 17.2 Å². The van der Waals surface area contributed by atoms with Crippen LogP contribution in [-0.2, 0) is 6.61 Å². The maximum absolute atomic E-state index is 13.7. The maximum Gasteiger partial charge on any atom is 0.136 e. The standard InChI is InChI=1S/C13H12FNO2/c1-17-10-3-4-11(12(14)6-10)13-5-2-9(8-16)7-15-13/h2-7,16H,8H2,1H3. The number of ether oxygens (including phenoxy) is 1. The minimum atomic E-state index is -0.381. The highest BCUT2D eigenvalue weighted by molar-refractivity contribution is 5.61. The number of pyridine rings is 1. The Labute approximate surface area is 98.5 Å². The van der Waals surface area contributed by atoms with Crippen LogP contribution in [0.15, 0.2) is 36.5 Å². The molecule has 0 amide bonds. The molecule has 4 heteroatoms. The summed E-state index contributed by atoms with van der Waals surface area (Å²) in [5.74, 6) is 0.0897. The van der Waals surface area contributed by atoms with Crippen molar-refractivity contribution in [1.82, 2.24) is 4.98 Å². The molecule has 0 aliphatic rings. The molecule has 0 atom stereocenters. The maximum atomic E-state index is 13.7. The highest BCUT2D eigenvalue weighted by Gasteiger charge is 2.07. The number of hydrogen-bond acceptors (Lipinski definition) is 3. The summed E-state index contributed by atoms with van der Waals surface area (Å²) in [5, 5.41) is 8.89. The van der Waals surface area contributed by atoms with E-state index < -0.39 is 0 Å². The molecule has 0 aliphatic heterocycles. The van der Waals surface area contributed by atoms with Crippen molar-refractivity contribution in [3.05, 3.63) is 47.9 Å². The van der Waals surface area contributed by atoms with E-state index >= 15 is 0 Å². The summed E-state index contributed by atoms with van der Waals surface area (Å²) in [6.07, 6.45) is 1.53. The van der Waals surface area contributed by atoms with Gasteiger partial charge in [0.1, 0.15) is 11.6 Å². The minimum absolute atomic E-state index is 0.0711. The topological polar surface area (TPSA) is 42.4 Å². The molecule has 2 aromatic rings. The Balaban J connectivity index is 2.38. The first-order valence-corrected chi connectivity index (χ1v) is 5.14. The summed E-state index contributed by atoms with van der Waals surface area (Å²) >= 11 is 0. The van der Waals surface area contributed by atoms with Gasteiger partial charge in [-0.1, -0.05) is 6.07 Å². The first-order chi connectivity index (χ1) is 8.24. The van der Waals surface area contributed by atoms with E-state index in [0.29, 0.717) is 22.6 Å². The zero-order valence-electron chi connectivity index (χ0n) is 9.35. The molecule has 2 rings (SSSR count). The normalized spacial score (nSPS) is 10.3. The molecule has 0 saturated carbocycles. The summed E-state index contributed by atoms with van der Waals surface area (Å²) in [5.41, 5.74) is 1.64. The van der Waals surface area contributed by atoms with Gasteiger partial charge in [-0.05, 0) is 23.8 Å². The van der Waals surface area contributed by atoms with Crippen LogP contribution in [0.2, 0.25) is 0 Å². The quantitative estimate of drug-likeness (QED) is 0.885. The molecule has 1 aromatic carbocycles. The zero-order valence-corrected chi connectivity index (χ0v) is 9.35. The average Bonchev–Trinajstić information content (AvgIpc) is 2.39. The van der Waals surface area contributed by atoms with E-state index in [0.717, 1.165) is 0 Å². The molecule has 1 N–H and O–H groups in total. The molecular formula is C13H12FNO2. The van der Waals surface area contributed by atoms with Crippen molar-refractivity contribution in [2.45, 2.75) is 6.61 Å². The van der Waals surface area contributed by atoms with E-state index in [9.17, 15) is 4.39 Å². The highest BCUT2D eigenvalue weighted by atomic mass is 19.1. The van der Waals surface area contributed by atoms with Gasteiger partial charge in [-0.3, -0.25) is 4.98 Å². The summed E-state index contributed by atoms with van der Waals surface area (Å²) in [6.45, 7) is -0.0711. The van der Waals surface area contributed by atoms with Gasteiger partial charge in [-0.15, -0.1) is 0 Å². The molecule has 0 radical (unpaired) electrons. The number of aliphatic hydroxyl groups excluding tert-OH is 1. The fourth-order valence-corrected chi connectivity index (χ4v) is 1.51. The molecule has 0 bridgehead atoms. The molecule has 0 aliphatic carbocycles. The average molecular weight is 233 g/mol. The minimum Gasteiger partial charge on any atom is -0.497 e. The van der Waals surface area contributed by atoms with Gasteiger partial charge < -0.3 is 9.84 Å². The number of benzene rings is 1. The van der Waals surface area contributed by atoms with Crippen molar-refractivity contribution in [3.63, 3.8) is 0 Å². The van der Waals surface area contributed by atoms with Crippen molar-refractivity contribution < 1.29 is 14.2 Å². The fourth-order valence-electron chi connectivity index (χ4n) is 1.51. The summed E-state index contributed by atoms with van der Waals surface area (Å²) in [4.78, 5) is 4.10. The van der Waals surface area contributed by atoms with Gasteiger partial charge in [-0.2, -0.15) is 0 Å². The molecular weight excluding hydrogens is 221 g/mol. The van der Waals surface area contributed by atoms with Crippen molar-refractivity contribution in [2.24, 2.45) is 0 Å². The predicted molar refractivity (Wildman–Crippen MR) is 62.1 cm³/mol. The second-order valence-electron chi connectivity index (χ2n) is 3.56. The van der Waals surface area contributed by atoms with Gasteiger partial charge in [0, 0.05) is 17.8 Å². The predicted octanol–water partition coefficient (Wildman–Crippen LogP) is 2.39. The number of halogens is 1. The van der Waals surface area contributed by atoms with Crippen molar-refractivity contribution in [1.29, 1.82) is 0 Å². The number of rotatable bonds is 3. The van der Waals surface area contributed by atoms with Gasteiger partial charge >= 0.3 is 0 Å². The number of nitrogens with zero attached hydrogens (tertiary/aromatic N) is 1. The van der Waals surface area contributed by atoms with Gasteiger partial charge in [0.25, 0.3) is 0 Å². The lowest BCUT2D eigenvalue weighted by molar-refractivity contribution is 0.281. The Bertz CT molecular complexity index is 511.